The molecule has 2 aromatic carbocycles. The summed E-state index contributed by atoms with van der Waals surface area (Å²) >= 11 is 0. The van der Waals surface area contributed by atoms with Crippen molar-refractivity contribution >= 4 is 17.5 Å². The van der Waals surface area contributed by atoms with Gasteiger partial charge in [-0.2, -0.15) is 0 Å². The largest absolute Gasteiger partial charge is 0.466 e. The number of rotatable bonds is 7. The summed E-state index contributed by atoms with van der Waals surface area (Å²) in [5.74, 6) is -3.25. The van der Waals surface area contributed by atoms with E-state index in [1.807, 2.05) is 0 Å². The minimum atomic E-state index is -1.10. The highest BCUT2D eigenvalue weighted by Gasteiger charge is 2.37. The number of ether oxygens (including phenoxy) is 1. The lowest BCUT2D eigenvalue weighted by atomic mass is 9.81. The SMILES string of the molecule is CCOC(=O)C(C)C(C(=O)c1ccccc1)C(=O)c1ccccc1. The number of ketones is 2. The average Bonchev–Trinajstić information content (AvgIpc) is 2.63. The van der Waals surface area contributed by atoms with Gasteiger partial charge in [0.25, 0.3) is 0 Å². The maximum atomic E-state index is 12.9. The van der Waals surface area contributed by atoms with Crippen LogP contribution in [0.1, 0.15) is 34.6 Å². The van der Waals surface area contributed by atoms with Gasteiger partial charge in [0.05, 0.1) is 18.4 Å². The van der Waals surface area contributed by atoms with Crippen molar-refractivity contribution in [2.45, 2.75) is 13.8 Å². The molecule has 1 unspecified atom stereocenters. The van der Waals surface area contributed by atoms with Crippen molar-refractivity contribution in [3.63, 3.8) is 0 Å². The number of Topliss-reactive ketones (excluding diaryl/α,β-unsaturated/α-hetero) is 2. The van der Waals surface area contributed by atoms with Gasteiger partial charge in [-0.15, -0.1) is 0 Å². The zero-order valence-electron chi connectivity index (χ0n) is 13.8. The van der Waals surface area contributed by atoms with Crippen LogP contribution in [-0.4, -0.2) is 24.1 Å². The van der Waals surface area contributed by atoms with Crippen molar-refractivity contribution in [2.75, 3.05) is 6.61 Å². The van der Waals surface area contributed by atoms with Crippen LogP contribution in [0.3, 0.4) is 0 Å². The molecule has 0 aliphatic rings. The molecule has 0 aliphatic carbocycles. The van der Waals surface area contributed by atoms with E-state index in [1.165, 1.54) is 0 Å². The van der Waals surface area contributed by atoms with Crippen LogP contribution in [0.15, 0.2) is 60.7 Å². The van der Waals surface area contributed by atoms with E-state index in [0.717, 1.165) is 0 Å². The third kappa shape index (κ3) is 3.96. The van der Waals surface area contributed by atoms with Gasteiger partial charge in [-0.1, -0.05) is 67.6 Å². The first-order valence-corrected chi connectivity index (χ1v) is 7.91. The van der Waals surface area contributed by atoms with Crippen molar-refractivity contribution in [3.05, 3.63) is 71.8 Å². The van der Waals surface area contributed by atoms with E-state index in [-0.39, 0.29) is 18.2 Å². The third-order valence-electron chi connectivity index (χ3n) is 3.84. The van der Waals surface area contributed by atoms with Crippen LogP contribution in [0.2, 0.25) is 0 Å². The summed E-state index contributed by atoms with van der Waals surface area (Å²) in [5.41, 5.74) is 0.811. The summed E-state index contributed by atoms with van der Waals surface area (Å²) in [5, 5.41) is 0. The van der Waals surface area contributed by atoms with E-state index >= 15 is 0 Å². The molecule has 1 atom stereocenters. The molecule has 2 rings (SSSR count). The molecule has 0 fully saturated rings. The summed E-state index contributed by atoms with van der Waals surface area (Å²) in [6.45, 7) is 3.46. The highest BCUT2D eigenvalue weighted by Crippen LogP contribution is 2.24. The van der Waals surface area contributed by atoms with Crippen molar-refractivity contribution in [2.24, 2.45) is 11.8 Å². The van der Waals surface area contributed by atoms with Crippen LogP contribution in [-0.2, 0) is 9.53 Å². The minimum absolute atomic E-state index is 0.203. The molecule has 4 nitrogen and oxygen atoms in total. The number of carbonyl (C=O) groups excluding carboxylic acids is 3. The van der Waals surface area contributed by atoms with Crippen LogP contribution in [0.4, 0.5) is 0 Å². The number of hydrogen-bond acceptors (Lipinski definition) is 4. The standard InChI is InChI=1S/C20H20O4/c1-3-24-20(23)14(2)17(18(21)15-10-6-4-7-11-15)19(22)16-12-8-5-9-13-16/h4-14,17H,3H2,1-2H3. The Labute approximate surface area is 141 Å². The molecule has 4 heteroatoms. The van der Waals surface area contributed by atoms with Crippen LogP contribution < -0.4 is 0 Å². The second kappa shape index (κ2) is 8.20. The highest BCUT2D eigenvalue weighted by atomic mass is 16.5. The Kier molecular flexibility index (Phi) is 6.01. The van der Waals surface area contributed by atoms with E-state index in [9.17, 15) is 14.4 Å². The van der Waals surface area contributed by atoms with Gasteiger partial charge in [-0.05, 0) is 6.92 Å². The Morgan fingerprint density at radius 3 is 1.62 bits per heavy atom. The first-order valence-electron chi connectivity index (χ1n) is 7.91. The second-order valence-corrected chi connectivity index (χ2v) is 5.48. The van der Waals surface area contributed by atoms with Crippen molar-refractivity contribution < 1.29 is 19.1 Å². The molecule has 0 saturated carbocycles. The lowest BCUT2D eigenvalue weighted by Crippen LogP contribution is -2.35. The molecule has 24 heavy (non-hydrogen) atoms. The molecule has 124 valence electrons. The smallest absolute Gasteiger partial charge is 0.309 e. The fraction of sp³-hybridized carbons (Fsp3) is 0.250. The molecule has 2 aromatic rings. The minimum Gasteiger partial charge on any atom is -0.466 e. The molecule has 0 amide bonds. The maximum Gasteiger partial charge on any atom is 0.309 e. The van der Waals surface area contributed by atoms with E-state index in [4.69, 9.17) is 4.74 Å². The summed E-state index contributed by atoms with van der Waals surface area (Å²) in [6, 6.07) is 17.1. The van der Waals surface area contributed by atoms with Gasteiger partial charge in [0.1, 0.15) is 0 Å². The Hall–Kier alpha value is -2.75. The monoisotopic (exact) mass is 324 g/mol. The van der Waals surface area contributed by atoms with E-state index in [0.29, 0.717) is 11.1 Å². The third-order valence-corrected chi connectivity index (χ3v) is 3.84. The predicted octanol–water partition coefficient (Wildman–Crippen LogP) is 3.57. The topological polar surface area (TPSA) is 60.4 Å². The van der Waals surface area contributed by atoms with E-state index in [2.05, 4.69) is 0 Å². The Morgan fingerprint density at radius 1 is 0.833 bits per heavy atom. The van der Waals surface area contributed by atoms with E-state index < -0.39 is 17.8 Å². The lowest BCUT2D eigenvalue weighted by Gasteiger charge is -2.20. The summed E-state index contributed by atoms with van der Waals surface area (Å²) in [6.07, 6.45) is 0. The number of esters is 1. The van der Waals surface area contributed by atoms with Crippen LogP contribution in [0.25, 0.3) is 0 Å². The molecular formula is C20H20O4. The molecule has 0 heterocycles. The van der Waals surface area contributed by atoms with Gasteiger partial charge >= 0.3 is 5.97 Å². The first-order chi connectivity index (χ1) is 11.6. The number of benzene rings is 2. The van der Waals surface area contributed by atoms with Crippen molar-refractivity contribution in [3.8, 4) is 0 Å². The first kappa shape index (κ1) is 17.6. The van der Waals surface area contributed by atoms with Crippen LogP contribution >= 0.6 is 0 Å². The predicted molar refractivity (Wildman–Crippen MR) is 90.8 cm³/mol. The van der Waals surface area contributed by atoms with Gasteiger partial charge < -0.3 is 4.74 Å². The molecule has 0 aliphatic heterocycles. The molecule has 0 aromatic heterocycles. The molecular weight excluding hydrogens is 304 g/mol. The van der Waals surface area contributed by atoms with E-state index in [1.54, 1.807) is 74.5 Å². The number of carbonyl (C=O) groups is 3. The van der Waals surface area contributed by atoms with Gasteiger partial charge in [-0.3, -0.25) is 14.4 Å². The number of hydrogen-bond donors (Lipinski definition) is 0. The lowest BCUT2D eigenvalue weighted by molar-refractivity contribution is -0.148. The average molecular weight is 324 g/mol. The normalized spacial score (nSPS) is 11.8. The summed E-state index contributed by atoms with van der Waals surface area (Å²) in [7, 11) is 0. The zero-order chi connectivity index (χ0) is 17.5. The molecule has 0 saturated heterocycles. The van der Waals surface area contributed by atoms with Crippen LogP contribution in [0, 0.1) is 11.8 Å². The summed E-state index contributed by atoms with van der Waals surface area (Å²) in [4.78, 5) is 37.9. The highest BCUT2D eigenvalue weighted by molar-refractivity contribution is 6.17. The quantitative estimate of drug-likeness (QED) is 0.444. The van der Waals surface area contributed by atoms with Gasteiger partial charge in [0, 0.05) is 11.1 Å². The molecule has 0 radical (unpaired) electrons. The Balaban J connectivity index is 2.39. The van der Waals surface area contributed by atoms with Gasteiger partial charge in [0.2, 0.25) is 0 Å². The fourth-order valence-electron chi connectivity index (χ4n) is 2.55. The van der Waals surface area contributed by atoms with Crippen LogP contribution in [0.5, 0.6) is 0 Å². The molecule has 0 bridgehead atoms. The Morgan fingerprint density at radius 2 is 1.25 bits per heavy atom. The van der Waals surface area contributed by atoms with Gasteiger partial charge in [0.15, 0.2) is 11.6 Å². The zero-order valence-corrected chi connectivity index (χ0v) is 13.8. The van der Waals surface area contributed by atoms with Crippen molar-refractivity contribution in [1.82, 2.24) is 0 Å². The fourth-order valence-corrected chi connectivity index (χ4v) is 2.55. The molecule has 0 spiro atoms. The molecule has 0 N–H and O–H groups in total. The maximum absolute atomic E-state index is 12.9. The summed E-state index contributed by atoms with van der Waals surface area (Å²) < 4.78 is 5.01. The van der Waals surface area contributed by atoms with Gasteiger partial charge in [-0.25, -0.2) is 0 Å². The van der Waals surface area contributed by atoms with Crippen molar-refractivity contribution in [1.29, 1.82) is 0 Å². The Bertz CT molecular complexity index is 655. The second-order valence-electron chi connectivity index (χ2n) is 5.48.